The Bertz CT molecular complexity index is 572. The molecule has 1 unspecified atom stereocenters. The largest absolute Gasteiger partial charge is 0.378 e. The molecule has 0 bridgehead atoms. The van der Waals surface area contributed by atoms with Gasteiger partial charge in [-0.1, -0.05) is 19.1 Å². The average molecular weight is 327 g/mol. The lowest BCUT2D eigenvalue weighted by Crippen LogP contribution is -2.59. The lowest BCUT2D eigenvalue weighted by atomic mass is 9.82. The molecule has 4 heteroatoms. The average Bonchev–Trinajstić information content (AvgIpc) is 2.63. The molecule has 0 aromatic heterocycles. The third kappa shape index (κ3) is 3.80. The summed E-state index contributed by atoms with van der Waals surface area (Å²) < 4.78 is 5.78. The first-order chi connectivity index (χ1) is 11.6. The third-order valence-corrected chi connectivity index (χ3v) is 5.83. The summed E-state index contributed by atoms with van der Waals surface area (Å²) in [5.41, 5.74) is 2.38. The van der Waals surface area contributed by atoms with Crippen molar-refractivity contribution in [2.75, 3.05) is 32.8 Å². The van der Waals surface area contributed by atoms with Crippen molar-refractivity contribution in [3.05, 3.63) is 35.4 Å². The van der Waals surface area contributed by atoms with Crippen molar-refractivity contribution < 1.29 is 4.74 Å². The molecule has 2 atom stereocenters. The summed E-state index contributed by atoms with van der Waals surface area (Å²) in [6.45, 7) is 11.0. The van der Waals surface area contributed by atoms with Crippen molar-refractivity contribution in [2.45, 2.75) is 51.3 Å². The van der Waals surface area contributed by atoms with Crippen LogP contribution in [0.5, 0.6) is 0 Å². The molecule has 0 spiro atoms. The van der Waals surface area contributed by atoms with E-state index in [1.54, 1.807) is 0 Å². The van der Waals surface area contributed by atoms with Gasteiger partial charge in [0.05, 0.1) is 17.7 Å². The van der Waals surface area contributed by atoms with E-state index in [2.05, 4.69) is 41.8 Å². The van der Waals surface area contributed by atoms with Gasteiger partial charge in [-0.2, -0.15) is 5.26 Å². The van der Waals surface area contributed by atoms with Gasteiger partial charge in [-0.15, -0.1) is 0 Å². The number of nitrogens with zero attached hydrogens (tertiary/aromatic N) is 3. The lowest BCUT2D eigenvalue weighted by molar-refractivity contribution is -0.0814. The smallest absolute Gasteiger partial charge is 0.0991 e. The van der Waals surface area contributed by atoms with Gasteiger partial charge in [0.25, 0.3) is 0 Å². The van der Waals surface area contributed by atoms with E-state index in [1.807, 2.05) is 12.1 Å². The molecule has 0 saturated carbocycles. The summed E-state index contributed by atoms with van der Waals surface area (Å²) in [6.07, 6.45) is 3.94. The van der Waals surface area contributed by atoms with Crippen LogP contribution in [0, 0.1) is 11.3 Å². The lowest BCUT2D eigenvalue weighted by Gasteiger charge is -2.50. The molecule has 2 aliphatic heterocycles. The van der Waals surface area contributed by atoms with Crippen LogP contribution < -0.4 is 0 Å². The van der Waals surface area contributed by atoms with Crippen LogP contribution in [0.3, 0.4) is 0 Å². The van der Waals surface area contributed by atoms with Gasteiger partial charge >= 0.3 is 0 Å². The molecular formula is C20H29N3O. The van der Waals surface area contributed by atoms with Gasteiger partial charge in [-0.3, -0.25) is 9.80 Å². The summed E-state index contributed by atoms with van der Waals surface area (Å²) in [4.78, 5) is 5.26. The Balaban J connectivity index is 1.55. The van der Waals surface area contributed by atoms with E-state index >= 15 is 0 Å². The molecule has 0 amide bonds. The molecule has 24 heavy (non-hydrogen) atoms. The van der Waals surface area contributed by atoms with E-state index in [0.29, 0.717) is 11.6 Å². The maximum absolute atomic E-state index is 8.89. The van der Waals surface area contributed by atoms with E-state index in [-0.39, 0.29) is 0 Å². The Labute approximate surface area is 146 Å². The molecule has 2 aliphatic rings. The monoisotopic (exact) mass is 327 g/mol. The van der Waals surface area contributed by atoms with Gasteiger partial charge < -0.3 is 4.74 Å². The summed E-state index contributed by atoms with van der Waals surface area (Å²) in [6, 6.07) is 10.2. The summed E-state index contributed by atoms with van der Waals surface area (Å²) >= 11 is 0. The van der Waals surface area contributed by atoms with Crippen LogP contribution in [-0.4, -0.2) is 54.2 Å². The summed E-state index contributed by atoms with van der Waals surface area (Å²) in [7, 11) is 0. The number of hydrogen-bond donors (Lipinski definition) is 0. The Kier molecular flexibility index (Phi) is 5.55. The second-order valence-corrected chi connectivity index (χ2v) is 7.29. The molecule has 2 saturated heterocycles. The van der Waals surface area contributed by atoms with Crippen molar-refractivity contribution in [3.8, 4) is 6.07 Å². The van der Waals surface area contributed by atoms with Crippen molar-refractivity contribution in [3.63, 3.8) is 0 Å². The molecular weight excluding hydrogens is 298 g/mol. The van der Waals surface area contributed by atoms with Crippen LogP contribution in [0.2, 0.25) is 0 Å². The van der Waals surface area contributed by atoms with E-state index in [1.165, 1.54) is 24.8 Å². The molecule has 0 N–H and O–H groups in total. The summed E-state index contributed by atoms with van der Waals surface area (Å²) in [5.74, 6) is 0. The number of piperazine rings is 1. The van der Waals surface area contributed by atoms with Crippen LogP contribution >= 0.6 is 0 Å². The Morgan fingerprint density at radius 2 is 1.92 bits per heavy atom. The van der Waals surface area contributed by atoms with Crippen LogP contribution in [-0.2, 0) is 11.3 Å². The molecule has 1 aromatic carbocycles. The fourth-order valence-corrected chi connectivity index (χ4v) is 4.30. The standard InChI is InChI=1S/C20H29N3O/c1-3-20(8-13-24-17(2)14-20)23-11-9-22(10-12-23)16-19-6-4-18(15-21)5-7-19/h4-7,17H,3,8-14,16H2,1-2H3/t17?,20-/m1/s1. The number of ether oxygens (including phenoxy) is 1. The van der Waals surface area contributed by atoms with Crippen molar-refractivity contribution >= 4 is 0 Å². The topological polar surface area (TPSA) is 39.5 Å². The van der Waals surface area contributed by atoms with Crippen molar-refractivity contribution in [2.24, 2.45) is 0 Å². The van der Waals surface area contributed by atoms with E-state index in [0.717, 1.165) is 44.9 Å². The second-order valence-electron chi connectivity index (χ2n) is 7.29. The highest BCUT2D eigenvalue weighted by molar-refractivity contribution is 5.31. The number of nitriles is 1. The SMILES string of the molecule is CC[C@@]1(N2CCN(Cc3ccc(C#N)cc3)CC2)CCOC(C)C1. The predicted octanol–water partition coefficient (Wildman–Crippen LogP) is 3.02. The third-order valence-electron chi connectivity index (χ3n) is 5.83. The maximum Gasteiger partial charge on any atom is 0.0991 e. The van der Waals surface area contributed by atoms with Gasteiger partial charge in [-0.25, -0.2) is 0 Å². The first-order valence-electron chi connectivity index (χ1n) is 9.23. The van der Waals surface area contributed by atoms with Crippen LogP contribution in [0.1, 0.15) is 44.2 Å². The van der Waals surface area contributed by atoms with Gasteiger partial charge in [0.15, 0.2) is 0 Å². The molecule has 0 aliphatic carbocycles. The van der Waals surface area contributed by atoms with Crippen LogP contribution in [0.25, 0.3) is 0 Å². The molecule has 0 radical (unpaired) electrons. The minimum Gasteiger partial charge on any atom is -0.378 e. The predicted molar refractivity (Wildman–Crippen MR) is 95.7 cm³/mol. The fraction of sp³-hybridized carbons (Fsp3) is 0.650. The highest BCUT2D eigenvalue weighted by atomic mass is 16.5. The number of benzene rings is 1. The minimum atomic E-state index is 0.345. The number of rotatable bonds is 4. The van der Waals surface area contributed by atoms with Gasteiger partial charge in [0, 0.05) is 44.9 Å². The van der Waals surface area contributed by atoms with E-state index in [4.69, 9.17) is 10.00 Å². The zero-order valence-corrected chi connectivity index (χ0v) is 15.0. The molecule has 3 rings (SSSR count). The van der Waals surface area contributed by atoms with Crippen LogP contribution in [0.4, 0.5) is 0 Å². The first kappa shape index (κ1) is 17.4. The van der Waals surface area contributed by atoms with E-state index in [9.17, 15) is 0 Å². The maximum atomic E-state index is 8.89. The number of hydrogen-bond acceptors (Lipinski definition) is 4. The zero-order chi connectivity index (χ0) is 17.0. The molecule has 130 valence electrons. The Hall–Kier alpha value is -1.41. The molecule has 1 aromatic rings. The minimum absolute atomic E-state index is 0.345. The van der Waals surface area contributed by atoms with Gasteiger partial charge in [-0.05, 0) is 43.9 Å². The molecule has 4 nitrogen and oxygen atoms in total. The van der Waals surface area contributed by atoms with Gasteiger partial charge in [0.2, 0.25) is 0 Å². The highest BCUT2D eigenvalue weighted by Gasteiger charge is 2.40. The van der Waals surface area contributed by atoms with E-state index < -0.39 is 0 Å². The Morgan fingerprint density at radius 3 is 2.50 bits per heavy atom. The summed E-state index contributed by atoms with van der Waals surface area (Å²) in [5, 5.41) is 8.89. The zero-order valence-electron chi connectivity index (χ0n) is 15.0. The first-order valence-corrected chi connectivity index (χ1v) is 9.23. The van der Waals surface area contributed by atoms with Gasteiger partial charge in [0.1, 0.15) is 0 Å². The fourth-order valence-electron chi connectivity index (χ4n) is 4.30. The quantitative estimate of drug-likeness (QED) is 0.852. The van der Waals surface area contributed by atoms with Crippen molar-refractivity contribution in [1.82, 2.24) is 9.80 Å². The molecule has 2 fully saturated rings. The highest BCUT2D eigenvalue weighted by Crippen LogP contribution is 2.34. The Morgan fingerprint density at radius 1 is 1.21 bits per heavy atom. The van der Waals surface area contributed by atoms with Crippen molar-refractivity contribution in [1.29, 1.82) is 5.26 Å². The molecule has 2 heterocycles. The second kappa shape index (κ2) is 7.65. The van der Waals surface area contributed by atoms with Crippen LogP contribution in [0.15, 0.2) is 24.3 Å². The normalized spacial score (nSPS) is 29.3.